The highest BCUT2D eigenvalue weighted by atomic mass is 16.5. The van der Waals surface area contributed by atoms with E-state index >= 15 is 0 Å². The normalized spacial score (nSPS) is 12.2. The van der Waals surface area contributed by atoms with Gasteiger partial charge < -0.3 is 20.5 Å². The van der Waals surface area contributed by atoms with Crippen LogP contribution in [0.4, 0.5) is 0 Å². The van der Waals surface area contributed by atoms with E-state index in [1.807, 2.05) is 36.4 Å². The van der Waals surface area contributed by atoms with Crippen molar-refractivity contribution < 1.29 is 19.1 Å². The van der Waals surface area contributed by atoms with Gasteiger partial charge in [-0.2, -0.15) is 0 Å². The number of nitrogens with two attached hydrogens (primary N) is 1. The zero-order valence-corrected chi connectivity index (χ0v) is 18.3. The maximum Gasteiger partial charge on any atom is 0.245 e. The molecule has 1 atom stereocenters. The van der Waals surface area contributed by atoms with Crippen LogP contribution < -0.4 is 25.8 Å². The smallest absolute Gasteiger partial charge is 0.245 e. The van der Waals surface area contributed by atoms with E-state index in [4.69, 9.17) is 15.2 Å². The Morgan fingerprint density at radius 2 is 1.65 bits per heavy atom. The zero-order valence-electron chi connectivity index (χ0n) is 18.3. The molecule has 0 aliphatic heterocycles. The van der Waals surface area contributed by atoms with Crippen LogP contribution in [-0.2, 0) is 22.6 Å². The van der Waals surface area contributed by atoms with Crippen molar-refractivity contribution in [3.8, 4) is 11.5 Å². The largest absolute Gasteiger partial charge is 0.493 e. The van der Waals surface area contributed by atoms with Crippen molar-refractivity contribution in [2.75, 3.05) is 14.2 Å². The Bertz CT molecular complexity index is 913. The maximum absolute atomic E-state index is 12.9. The van der Waals surface area contributed by atoms with Gasteiger partial charge in [-0.1, -0.05) is 50.2 Å². The van der Waals surface area contributed by atoms with E-state index in [1.165, 1.54) is 0 Å². The van der Waals surface area contributed by atoms with Crippen LogP contribution in [0.5, 0.6) is 11.5 Å². The predicted molar refractivity (Wildman–Crippen MR) is 120 cm³/mol. The highest BCUT2D eigenvalue weighted by Crippen LogP contribution is 2.27. The number of aliphatic imine (C=N–C) groups is 1. The van der Waals surface area contributed by atoms with Gasteiger partial charge >= 0.3 is 0 Å². The molecule has 0 aliphatic rings. The van der Waals surface area contributed by atoms with Crippen molar-refractivity contribution in [3.63, 3.8) is 0 Å². The zero-order chi connectivity index (χ0) is 22.8. The number of rotatable bonds is 9. The number of carbonyl (C=O) groups excluding carboxylic acids is 2. The van der Waals surface area contributed by atoms with Gasteiger partial charge in [0.2, 0.25) is 11.8 Å². The van der Waals surface area contributed by atoms with Crippen LogP contribution in [0.2, 0.25) is 0 Å². The minimum Gasteiger partial charge on any atom is -0.493 e. The van der Waals surface area contributed by atoms with Gasteiger partial charge in [0.15, 0.2) is 17.5 Å². The average molecular weight is 427 g/mol. The Morgan fingerprint density at radius 3 is 2.26 bits per heavy atom. The van der Waals surface area contributed by atoms with E-state index in [0.717, 1.165) is 11.1 Å². The Balaban J connectivity index is 2.14. The summed E-state index contributed by atoms with van der Waals surface area (Å²) in [7, 11) is 3.12. The monoisotopic (exact) mass is 426 g/mol. The van der Waals surface area contributed by atoms with Crippen LogP contribution in [0.1, 0.15) is 25.0 Å². The number of hydrogen-bond donors (Lipinski definition) is 3. The summed E-state index contributed by atoms with van der Waals surface area (Å²) in [6.07, 6.45) is 0.344. The van der Waals surface area contributed by atoms with Crippen molar-refractivity contribution in [1.29, 1.82) is 0 Å². The number of guanidine groups is 1. The predicted octanol–water partition coefficient (Wildman–Crippen LogP) is 2.02. The molecule has 0 saturated heterocycles. The lowest BCUT2D eigenvalue weighted by Crippen LogP contribution is -2.42. The molecule has 2 rings (SSSR count). The number of nitrogens with one attached hydrogen (secondary N) is 2. The SMILES string of the molecule is COc1ccc(CNC(=O)C(Cc2ccccc2)N=C(N)NC(=O)C(C)C)cc1OC. The molecule has 166 valence electrons. The topological polar surface area (TPSA) is 115 Å². The number of nitrogens with zero attached hydrogens (tertiary/aromatic N) is 1. The van der Waals surface area contributed by atoms with Gasteiger partial charge in [-0.15, -0.1) is 0 Å². The lowest BCUT2D eigenvalue weighted by molar-refractivity contribution is -0.123. The van der Waals surface area contributed by atoms with Gasteiger partial charge in [-0.05, 0) is 23.3 Å². The number of hydrogen-bond acceptors (Lipinski definition) is 5. The molecule has 0 saturated carbocycles. The summed E-state index contributed by atoms with van der Waals surface area (Å²) in [5.41, 5.74) is 7.66. The van der Waals surface area contributed by atoms with Crippen LogP contribution in [0.3, 0.4) is 0 Å². The van der Waals surface area contributed by atoms with Gasteiger partial charge in [0.05, 0.1) is 14.2 Å². The molecule has 1 unspecified atom stereocenters. The highest BCUT2D eigenvalue weighted by Gasteiger charge is 2.20. The lowest BCUT2D eigenvalue weighted by atomic mass is 10.1. The van der Waals surface area contributed by atoms with Crippen molar-refractivity contribution >= 4 is 17.8 Å². The molecular weight excluding hydrogens is 396 g/mol. The third kappa shape index (κ3) is 7.33. The lowest BCUT2D eigenvalue weighted by Gasteiger charge is -2.16. The number of benzene rings is 2. The molecule has 8 heteroatoms. The molecule has 2 aromatic carbocycles. The van der Waals surface area contributed by atoms with E-state index < -0.39 is 6.04 Å². The number of carbonyl (C=O) groups is 2. The molecule has 0 spiro atoms. The van der Waals surface area contributed by atoms with Gasteiger partial charge in [0.1, 0.15) is 6.04 Å². The fourth-order valence-electron chi connectivity index (χ4n) is 2.80. The summed E-state index contributed by atoms with van der Waals surface area (Å²) >= 11 is 0. The summed E-state index contributed by atoms with van der Waals surface area (Å²) in [5.74, 6) is 0.290. The molecule has 0 aliphatic carbocycles. The number of methoxy groups -OCH3 is 2. The Hall–Kier alpha value is -3.55. The van der Waals surface area contributed by atoms with E-state index in [9.17, 15) is 9.59 Å². The van der Waals surface area contributed by atoms with E-state index in [2.05, 4.69) is 15.6 Å². The Labute approximate surface area is 182 Å². The summed E-state index contributed by atoms with van der Waals surface area (Å²) < 4.78 is 10.5. The minimum atomic E-state index is -0.796. The quantitative estimate of drug-likeness (QED) is 0.419. The van der Waals surface area contributed by atoms with Crippen LogP contribution in [-0.4, -0.2) is 38.0 Å². The number of amides is 2. The fourth-order valence-corrected chi connectivity index (χ4v) is 2.80. The maximum atomic E-state index is 12.9. The molecule has 4 N–H and O–H groups in total. The average Bonchev–Trinajstić information content (AvgIpc) is 2.77. The van der Waals surface area contributed by atoms with Crippen LogP contribution >= 0.6 is 0 Å². The standard InChI is InChI=1S/C23H30N4O4/c1-15(2)21(28)27-23(24)26-18(12-16-8-6-5-7-9-16)22(29)25-14-17-10-11-19(30-3)20(13-17)31-4/h5-11,13,15,18H,12,14H2,1-4H3,(H,25,29)(H3,24,26,27,28). The first-order valence-electron chi connectivity index (χ1n) is 10.0. The first-order valence-corrected chi connectivity index (χ1v) is 10.0. The second kappa shape index (κ2) is 11.6. The molecule has 0 heterocycles. The van der Waals surface area contributed by atoms with Crippen molar-refractivity contribution in [2.45, 2.75) is 32.9 Å². The van der Waals surface area contributed by atoms with E-state index in [1.54, 1.807) is 40.2 Å². The molecule has 2 amide bonds. The third-order valence-corrected chi connectivity index (χ3v) is 4.56. The van der Waals surface area contributed by atoms with Crippen molar-refractivity contribution in [3.05, 3.63) is 59.7 Å². The molecule has 8 nitrogen and oxygen atoms in total. The third-order valence-electron chi connectivity index (χ3n) is 4.56. The van der Waals surface area contributed by atoms with E-state index in [-0.39, 0.29) is 30.2 Å². The molecule has 2 aromatic rings. The fraction of sp³-hybridized carbons (Fsp3) is 0.348. The molecule has 0 aromatic heterocycles. The summed E-state index contributed by atoms with van der Waals surface area (Å²) in [5, 5.41) is 5.41. The second-order valence-electron chi connectivity index (χ2n) is 7.27. The van der Waals surface area contributed by atoms with Gasteiger partial charge in [-0.3, -0.25) is 14.9 Å². The first-order chi connectivity index (χ1) is 14.8. The Morgan fingerprint density at radius 1 is 0.968 bits per heavy atom. The van der Waals surface area contributed by atoms with Crippen LogP contribution in [0, 0.1) is 5.92 Å². The van der Waals surface area contributed by atoms with E-state index in [0.29, 0.717) is 17.9 Å². The Kier molecular flexibility index (Phi) is 8.87. The summed E-state index contributed by atoms with van der Waals surface area (Å²) in [6, 6.07) is 14.1. The first kappa shape index (κ1) is 23.7. The molecule has 0 bridgehead atoms. The summed E-state index contributed by atoms with van der Waals surface area (Å²) in [4.78, 5) is 29.1. The van der Waals surface area contributed by atoms with Crippen LogP contribution in [0.25, 0.3) is 0 Å². The van der Waals surface area contributed by atoms with Crippen molar-refractivity contribution in [2.24, 2.45) is 16.6 Å². The molecule has 0 fully saturated rings. The minimum absolute atomic E-state index is 0.0825. The van der Waals surface area contributed by atoms with Crippen LogP contribution in [0.15, 0.2) is 53.5 Å². The second-order valence-corrected chi connectivity index (χ2v) is 7.27. The van der Waals surface area contributed by atoms with Gasteiger partial charge in [-0.25, -0.2) is 4.99 Å². The highest BCUT2D eigenvalue weighted by molar-refractivity contribution is 5.98. The molecule has 31 heavy (non-hydrogen) atoms. The molecular formula is C23H30N4O4. The van der Waals surface area contributed by atoms with Crippen molar-refractivity contribution in [1.82, 2.24) is 10.6 Å². The van der Waals surface area contributed by atoms with Gasteiger partial charge in [0, 0.05) is 18.9 Å². The number of ether oxygens (including phenoxy) is 2. The van der Waals surface area contributed by atoms with Gasteiger partial charge in [0.25, 0.3) is 0 Å². The summed E-state index contributed by atoms with van der Waals surface area (Å²) in [6.45, 7) is 3.78. The molecule has 0 radical (unpaired) electrons.